The van der Waals surface area contributed by atoms with Crippen LogP contribution in [0.3, 0.4) is 0 Å². The Morgan fingerprint density at radius 1 is 0.164 bits per heavy atom. The van der Waals surface area contributed by atoms with Gasteiger partial charge in [-0.15, -0.1) is 0 Å². The maximum atomic E-state index is 13.9. The normalized spacial score (nSPS) is 17.1. The highest BCUT2D eigenvalue weighted by Gasteiger charge is 2.99. The fraction of sp³-hybridized carbons (Fsp3) is 1.00. The molecule has 0 fully saturated rings. The number of halogens is 42. The second kappa shape index (κ2) is 16.3. The molecule has 0 aromatic carbocycles. The van der Waals surface area contributed by atoms with Crippen LogP contribution in [-0.4, -0.2) is 119 Å². The van der Waals surface area contributed by atoms with Crippen LogP contribution in [0, 0.1) is 0 Å². The molecule has 0 radical (unpaired) electrons. The van der Waals surface area contributed by atoms with Crippen LogP contribution in [0.25, 0.3) is 0 Å². The van der Waals surface area contributed by atoms with E-state index < -0.39 is 145 Å². The summed E-state index contributed by atoms with van der Waals surface area (Å²) in [5.41, 5.74) is 0. The molecule has 0 aliphatic rings. The van der Waals surface area contributed by atoms with Crippen molar-refractivity contribution in [1.82, 2.24) is 0 Å². The molecule has 0 bridgehead atoms. The molecule has 0 N–H and O–H groups in total. The van der Waals surface area contributed by atoms with E-state index >= 15 is 0 Å². The van der Waals surface area contributed by atoms with E-state index in [0.29, 0.717) is 4.74 Å². The van der Waals surface area contributed by atoms with E-state index in [1.807, 2.05) is 0 Å². The summed E-state index contributed by atoms with van der Waals surface area (Å²) in [6.07, 6.45) is -47.3. The first-order valence-corrected chi connectivity index (χ1v) is 14.8. The van der Waals surface area contributed by atoms with Crippen molar-refractivity contribution in [2.75, 3.05) is 0 Å². The maximum Gasteiger partial charge on any atom is 0.430 e. The minimum atomic E-state index is -10.1. The zero-order chi connectivity index (χ0) is 55.5. The van der Waals surface area contributed by atoms with Crippen molar-refractivity contribution in [3.8, 4) is 0 Å². The van der Waals surface area contributed by atoms with Gasteiger partial charge in [0.15, 0.2) is 0 Å². The minimum Gasteiger partial charge on any atom is -0.245 e. The van der Waals surface area contributed by atoms with Gasteiger partial charge in [0.1, 0.15) is 0 Å². The molecule has 0 aliphatic carbocycles. The van der Waals surface area contributed by atoms with E-state index in [1.165, 1.54) is 0 Å². The molecule has 0 saturated carbocycles. The van der Waals surface area contributed by atoms with Crippen LogP contribution in [-0.2, 0) is 4.74 Å². The van der Waals surface area contributed by atoms with E-state index in [4.69, 9.17) is 0 Å². The van der Waals surface area contributed by atoms with Gasteiger partial charge in [0.2, 0.25) is 0 Å². The zero-order valence-electron chi connectivity index (χ0n) is 29.1. The van der Waals surface area contributed by atoms with Gasteiger partial charge >= 0.3 is 119 Å². The van der Waals surface area contributed by atoms with Crippen LogP contribution >= 0.6 is 0 Å². The van der Waals surface area contributed by atoms with Crippen LogP contribution in [0.1, 0.15) is 25.7 Å². The van der Waals surface area contributed by atoms with Gasteiger partial charge in [0.05, 0.1) is 0 Å². The standard InChI is InChI=1S/C24H8F42O/c25-5(26,1-3-7(29,30)31)9(35,36)11(39,40)13(43,44)15(47,48)17(51,52)19(55,56)21(59,60)23(63,64)67-24(65,66)22(61,62)20(57,58)18(53,54)16(49,50)14(45,46)12(41,42)10(37,38)6(27,28)2-4-8(32,33)34/h1-4H2. The Hall–Kier alpha value is -2.98. The Labute approximate surface area is 335 Å². The molecule has 0 rings (SSSR count). The Bertz CT molecular complexity index is 1600. The van der Waals surface area contributed by atoms with Crippen molar-refractivity contribution in [3.63, 3.8) is 0 Å². The monoisotopic (exact) mass is 1110 g/mol. The average Bonchev–Trinajstić information content (AvgIpc) is 3.07. The molecule has 0 heterocycles. The van der Waals surface area contributed by atoms with Gasteiger partial charge in [-0.25, -0.2) is 4.74 Å². The van der Waals surface area contributed by atoms with E-state index in [2.05, 4.69) is 0 Å². The molecule has 0 amide bonds. The predicted octanol–water partition coefficient (Wildman–Crippen LogP) is 15.0. The maximum absolute atomic E-state index is 13.9. The predicted molar refractivity (Wildman–Crippen MR) is 121 cm³/mol. The average molecular weight is 1110 g/mol. The second-order valence-corrected chi connectivity index (χ2v) is 12.8. The van der Waals surface area contributed by atoms with Crippen LogP contribution < -0.4 is 0 Å². The number of hydrogen-bond acceptors (Lipinski definition) is 1. The van der Waals surface area contributed by atoms with Gasteiger partial charge < -0.3 is 0 Å². The first kappa shape index (κ1) is 64.0. The first-order chi connectivity index (χ1) is 28.1. The number of hydrogen-bond donors (Lipinski definition) is 0. The fourth-order valence-corrected chi connectivity index (χ4v) is 4.00. The topological polar surface area (TPSA) is 9.23 Å². The van der Waals surface area contributed by atoms with Crippen LogP contribution in [0.2, 0.25) is 0 Å². The largest absolute Gasteiger partial charge is 0.430 e. The quantitative estimate of drug-likeness (QED) is 0.0982. The first-order valence-electron chi connectivity index (χ1n) is 14.8. The Morgan fingerprint density at radius 3 is 0.448 bits per heavy atom. The SMILES string of the molecule is FC(F)(F)CCC(F)(F)C(F)(F)C(F)(F)C(F)(F)C(F)(F)C(F)(F)C(F)(F)C(F)(F)C(F)(F)OC(F)(F)C(F)(F)C(F)(F)C(F)(F)C(F)(F)C(F)(F)C(F)(F)C(F)(F)C(F)(F)CCC(F)(F)F. The summed E-state index contributed by atoms with van der Waals surface area (Å²) >= 11 is 0. The smallest absolute Gasteiger partial charge is 0.245 e. The van der Waals surface area contributed by atoms with Crippen molar-refractivity contribution in [2.45, 2.75) is 145 Å². The highest BCUT2D eigenvalue weighted by molar-refractivity contribution is 5.19. The Morgan fingerprint density at radius 2 is 0.299 bits per heavy atom. The molecule has 0 saturated heterocycles. The van der Waals surface area contributed by atoms with Crippen molar-refractivity contribution >= 4 is 0 Å². The van der Waals surface area contributed by atoms with Crippen molar-refractivity contribution in [1.29, 1.82) is 0 Å². The van der Waals surface area contributed by atoms with Gasteiger partial charge in [-0.2, -0.15) is 184 Å². The Kier molecular flexibility index (Phi) is 15.6. The third-order valence-corrected chi connectivity index (χ3v) is 8.08. The summed E-state index contributed by atoms with van der Waals surface area (Å²) in [6.45, 7) is 0. The van der Waals surface area contributed by atoms with Gasteiger partial charge in [-0.1, -0.05) is 0 Å². The molecule has 1 nitrogen and oxygen atoms in total. The summed E-state index contributed by atoms with van der Waals surface area (Å²) in [6, 6.07) is 0. The highest BCUT2D eigenvalue weighted by atomic mass is 19.4. The van der Waals surface area contributed by atoms with Gasteiger partial charge in [-0.3, -0.25) is 0 Å². The van der Waals surface area contributed by atoms with Gasteiger partial charge in [0, 0.05) is 25.7 Å². The molecular weight excluding hydrogens is 1100 g/mol. The van der Waals surface area contributed by atoms with E-state index in [9.17, 15) is 184 Å². The van der Waals surface area contributed by atoms with Crippen molar-refractivity contribution < 1.29 is 189 Å². The summed E-state index contributed by atoms with van der Waals surface area (Å²) in [4.78, 5) is 0. The molecule has 0 spiro atoms. The molecular formula is C24H8F42O. The fourth-order valence-electron chi connectivity index (χ4n) is 4.00. The summed E-state index contributed by atoms with van der Waals surface area (Å²) < 4.78 is 570. The number of alkyl halides is 42. The second-order valence-electron chi connectivity index (χ2n) is 12.8. The minimum absolute atomic E-state index is 0.379. The molecule has 0 unspecified atom stereocenters. The number of ether oxygens (including phenoxy) is 1. The van der Waals surface area contributed by atoms with Crippen LogP contribution in [0.4, 0.5) is 184 Å². The highest BCUT2D eigenvalue weighted by Crippen LogP contribution is 2.69. The molecule has 67 heavy (non-hydrogen) atoms. The van der Waals surface area contributed by atoms with Gasteiger partial charge in [-0.05, 0) is 0 Å². The molecule has 0 atom stereocenters. The van der Waals surface area contributed by atoms with Crippen molar-refractivity contribution in [2.24, 2.45) is 0 Å². The van der Waals surface area contributed by atoms with E-state index in [-0.39, 0.29) is 0 Å². The van der Waals surface area contributed by atoms with Crippen LogP contribution in [0.5, 0.6) is 0 Å². The lowest BCUT2D eigenvalue weighted by Gasteiger charge is -2.45. The zero-order valence-corrected chi connectivity index (χ0v) is 29.1. The lowest BCUT2D eigenvalue weighted by Crippen LogP contribution is -2.77. The molecule has 0 aromatic heterocycles. The molecule has 0 aliphatic heterocycles. The molecule has 0 aromatic rings. The Balaban J connectivity index is 7.55. The summed E-state index contributed by atoms with van der Waals surface area (Å²) in [5.74, 6) is -152. The molecule has 43 heteroatoms. The third kappa shape index (κ3) is 9.05. The third-order valence-electron chi connectivity index (χ3n) is 8.08. The summed E-state index contributed by atoms with van der Waals surface area (Å²) in [5, 5.41) is 0. The van der Waals surface area contributed by atoms with Crippen LogP contribution in [0.15, 0.2) is 0 Å². The van der Waals surface area contributed by atoms with E-state index in [1.54, 1.807) is 0 Å². The van der Waals surface area contributed by atoms with E-state index in [0.717, 1.165) is 0 Å². The number of rotatable bonds is 22. The summed E-state index contributed by atoms with van der Waals surface area (Å²) in [7, 11) is 0. The lowest BCUT2D eigenvalue weighted by molar-refractivity contribution is -0.530. The lowest BCUT2D eigenvalue weighted by atomic mass is 9.86. The van der Waals surface area contributed by atoms with Crippen molar-refractivity contribution in [3.05, 3.63) is 0 Å². The molecule has 404 valence electrons. The van der Waals surface area contributed by atoms with Gasteiger partial charge in [0.25, 0.3) is 0 Å².